The fraction of sp³-hybridized carbons (Fsp3) is 0.588. The van der Waals surface area contributed by atoms with Gasteiger partial charge in [-0.3, -0.25) is 4.79 Å². The zero-order valence-electron chi connectivity index (χ0n) is 12.8. The molecule has 0 radical (unpaired) electrons. The Hall–Kier alpha value is -1.35. The number of amides is 1. The third-order valence-corrected chi connectivity index (χ3v) is 4.20. The maximum Gasteiger partial charge on any atom is 0.251 e. The van der Waals surface area contributed by atoms with E-state index in [0.717, 1.165) is 18.4 Å². The van der Waals surface area contributed by atoms with Gasteiger partial charge in [-0.05, 0) is 54.4 Å². The minimum absolute atomic E-state index is 0.00830. The van der Waals surface area contributed by atoms with Crippen LogP contribution in [0, 0.1) is 5.41 Å². The molecule has 1 aromatic carbocycles. The van der Waals surface area contributed by atoms with Gasteiger partial charge in [-0.2, -0.15) is 0 Å². The molecule has 0 fully saturated rings. The van der Waals surface area contributed by atoms with Gasteiger partial charge in [-0.1, -0.05) is 26.8 Å². The molecule has 1 amide bonds. The second-order valence-electron chi connectivity index (χ2n) is 6.82. The van der Waals surface area contributed by atoms with E-state index in [4.69, 9.17) is 5.73 Å². The molecule has 0 heterocycles. The van der Waals surface area contributed by atoms with Crippen LogP contribution < -0.4 is 11.1 Å². The van der Waals surface area contributed by atoms with Gasteiger partial charge in [0, 0.05) is 18.2 Å². The lowest BCUT2D eigenvalue weighted by atomic mass is 9.86. The molecular weight excluding hydrogens is 248 g/mol. The lowest BCUT2D eigenvalue weighted by molar-refractivity contribution is 0.0905. The summed E-state index contributed by atoms with van der Waals surface area (Å²) in [7, 11) is 0. The molecule has 20 heavy (non-hydrogen) atoms. The molecule has 0 spiro atoms. The molecule has 0 saturated heterocycles. The topological polar surface area (TPSA) is 55.1 Å². The first-order valence-corrected chi connectivity index (χ1v) is 7.54. The Labute approximate surface area is 121 Å². The summed E-state index contributed by atoms with van der Waals surface area (Å²) in [5.74, 6) is -0.0104. The fourth-order valence-corrected chi connectivity index (χ4v) is 2.75. The minimum atomic E-state index is -0.0291. The number of nitrogens with two attached hydrogens (primary N) is 1. The summed E-state index contributed by atoms with van der Waals surface area (Å²) < 4.78 is 0. The van der Waals surface area contributed by atoms with Crippen molar-refractivity contribution in [2.75, 3.05) is 6.54 Å². The zero-order chi connectivity index (χ0) is 14.8. The maximum absolute atomic E-state index is 12.4. The fourth-order valence-electron chi connectivity index (χ4n) is 2.75. The normalized spacial score (nSPS) is 16.4. The quantitative estimate of drug-likeness (QED) is 0.890. The van der Waals surface area contributed by atoms with E-state index in [9.17, 15) is 4.79 Å². The van der Waals surface area contributed by atoms with Crippen LogP contribution in [-0.2, 0) is 12.8 Å². The molecule has 1 atom stereocenters. The largest absolute Gasteiger partial charge is 0.348 e. The van der Waals surface area contributed by atoms with Crippen LogP contribution in [0.3, 0.4) is 0 Å². The third kappa shape index (κ3) is 3.40. The Balaban J connectivity index is 2.13. The van der Waals surface area contributed by atoms with Gasteiger partial charge in [0.2, 0.25) is 0 Å². The number of fused-ring (bicyclic) bond motifs is 1. The van der Waals surface area contributed by atoms with Crippen LogP contribution in [-0.4, -0.2) is 18.5 Å². The van der Waals surface area contributed by atoms with Crippen LogP contribution >= 0.6 is 0 Å². The second-order valence-corrected chi connectivity index (χ2v) is 6.82. The molecule has 3 nitrogen and oxygen atoms in total. The molecule has 0 aromatic heterocycles. The molecule has 1 aromatic rings. The molecule has 0 bridgehead atoms. The van der Waals surface area contributed by atoms with Crippen molar-refractivity contribution < 1.29 is 4.79 Å². The van der Waals surface area contributed by atoms with Crippen LogP contribution in [0.1, 0.15) is 55.1 Å². The van der Waals surface area contributed by atoms with E-state index in [1.165, 1.54) is 24.0 Å². The van der Waals surface area contributed by atoms with Gasteiger partial charge in [-0.15, -0.1) is 0 Å². The van der Waals surface area contributed by atoms with Crippen molar-refractivity contribution in [3.8, 4) is 0 Å². The van der Waals surface area contributed by atoms with Crippen molar-refractivity contribution >= 4 is 5.91 Å². The molecule has 3 N–H and O–H groups in total. The highest BCUT2D eigenvalue weighted by atomic mass is 16.1. The third-order valence-electron chi connectivity index (χ3n) is 4.20. The summed E-state index contributed by atoms with van der Waals surface area (Å²) >= 11 is 0. The molecule has 0 saturated carbocycles. The Morgan fingerprint density at radius 2 is 1.90 bits per heavy atom. The highest BCUT2D eigenvalue weighted by Crippen LogP contribution is 2.23. The number of carbonyl (C=O) groups is 1. The van der Waals surface area contributed by atoms with Crippen LogP contribution in [0.25, 0.3) is 0 Å². The van der Waals surface area contributed by atoms with E-state index >= 15 is 0 Å². The van der Waals surface area contributed by atoms with Gasteiger partial charge < -0.3 is 11.1 Å². The first kappa shape index (κ1) is 15.0. The van der Waals surface area contributed by atoms with Gasteiger partial charge in [0.15, 0.2) is 0 Å². The molecule has 0 aliphatic heterocycles. The number of carbonyl (C=O) groups excluding carboxylic acids is 1. The highest BCUT2D eigenvalue weighted by molar-refractivity contribution is 5.94. The molecular formula is C17H26N2O. The minimum Gasteiger partial charge on any atom is -0.348 e. The smallest absolute Gasteiger partial charge is 0.251 e. The first-order valence-electron chi connectivity index (χ1n) is 7.54. The van der Waals surface area contributed by atoms with Crippen LogP contribution in [0.5, 0.6) is 0 Å². The summed E-state index contributed by atoms with van der Waals surface area (Å²) in [6, 6.07) is 6.10. The van der Waals surface area contributed by atoms with Crippen LogP contribution in [0.15, 0.2) is 18.2 Å². The average molecular weight is 274 g/mol. The van der Waals surface area contributed by atoms with E-state index < -0.39 is 0 Å². The van der Waals surface area contributed by atoms with E-state index in [0.29, 0.717) is 6.54 Å². The number of hydrogen-bond donors (Lipinski definition) is 2. The lowest BCUT2D eigenvalue weighted by Crippen LogP contribution is -2.48. The molecule has 1 aliphatic carbocycles. The van der Waals surface area contributed by atoms with Gasteiger partial charge in [0.05, 0.1) is 0 Å². The van der Waals surface area contributed by atoms with Crippen molar-refractivity contribution in [1.29, 1.82) is 0 Å². The van der Waals surface area contributed by atoms with E-state index in [1.54, 1.807) is 0 Å². The van der Waals surface area contributed by atoms with Crippen molar-refractivity contribution in [2.24, 2.45) is 11.1 Å². The average Bonchev–Trinajstić information content (AvgIpc) is 2.42. The highest BCUT2D eigenvalue weighted by Gasteiger charge is 2.25. The van der Waals surface area contributed by atoms with Crippen LogP contribution in [0.2, 0.25) is 0 Å². The van der Waals surface area contributed by atoms with E-state index in [1.807, 2.05) is 6.07 Å². The standard InChI is InChI=1S/C17H26N2O/c1-17(2,3)15(11-18)19-16(20)14-9-8-12-6-4-5-7-13(12)10-14/h8-10,15H,4-7,11,18H2,1-3H3,(H,19,20). The maximum atomic E-state index is 12.4. The second kappa shape index (κ2) is 5.96. The Morgan fingerprint density at radius 1 is 1.25 bits per heavy atom. The van der Waals surface area contributed by atoms with Crippen molar-refractivity contribution in [3.63, 3.8) is 0 Å². The number of hydrogen-bond acceptors (Lipinski definition) is 2. The number of benzene rings is 1. The summed E-state index contributed by atoms with van der Waals surface area (Å²) in [5.41, 5.74) is 9.25. The molecule has 1 aliphatic rings. The van der Waals surface area contributed by atoms with Crippen molar-refractivity contribution in [1.82, 2.24) is 5.32 Å². The molecule has 2 rings (SSSR count). The monoisotopic (exact) mass is 274 g/mol. The van der Waals surface area contributed by atoms with Gasteiger partial charge in [-0.25, -0.2) is 0 Å². The first-order chi connectivity index (χ1) is 9.41. The summed E-state index contributed by atoms with van der Waals surface area (Å²) in [5, 5.41) is 3.07. The summed E-state index contributed by atoms with van der Waals surface area (Å²) in [6.07, 6.45) is 4.73. The van der Waals surface area contributed by atoms with Crippen LogP contribution in [0.4, 0.5) is 0 Å². The zero-order valence-corrected chi connectivity index (χ0v) is 12.8. The lowest BCUT2D eigenvalue weighted by Gasteiger charge is -2.30. The number of aryl methyl sites for hydroxylation is 2. The van der Waals surface area contributed by atoms with Gasteiger partial charge >= 0.3 is 0 Å². The summed E-state index contributed by atoms with van der Waals surface area (Å²) in [6.45, 7) is 6.74. The predicted octanol–water partition coefficient (Wildman–Crippen LogP) is 2.67. The van der Waals surface area contributed by atoms with E-state index in [2.05, 4.69) is 38.2 Å². The molecule has 3 heteroatoms. The SMILES string of the molecule is CC(C)(C)C(CN)NC(=O)c1ccc2c(c1)CCCC2. The summed E-state index contributed by atoms with van der Waals surface area (Å²) in [4.78, 5) is 12.4. The molecule has 1 unspecified atom stereocenters. The van der Waals surface area contributed by atoms with Crippen molar-refractivity contribution in [3.05, 3.63) is 34.9 Å². The van der Waals surface area contributed by atoms with Gasteiger partial charge in [0.25, 0.3) is 5.91 Å². The number of nitrogens with one attached hydrogen (secondary N) is 1. The predicted molar refractivity (Wildman–Crippen MR) is 82.8 cm³/mol. The number of rotatable bonds is 3. The molecule has 110 valence electrons. The Kier molecular flexibility index (Phi) is 4.48. The van der Waals surface area contributed by atoms with Crippen molar-refractivity contribution in [2.45, 2.75) is 52.5 Å². The van der Waals surface area contributed by atoms with Gasteiger partial charge in [0.1, 0.15) is 0 Å². The Bertz CT molecular complexity index is 488. The Morgan fingerprint density at radius 3 is 2.50 bits per heavy atom. The van der Waals surface area contributed by atoms with E-state index in [-0.39, 0.29) is 17.4 Å².